The highest BCUT2D eigenvalue weighted by Gasteiger charge is 2.73. The van der Waals surface area contributed by atoms with E-state index in [-0.39, 0.29) is 46.8 Å². The normalized spacial score (nSPS) is 48.4. The number of carbonyl (C=O) groups excluding carboxylic acids is 2. The number of hydrogen-bond acceptors (Lipinski definition) is 16. The lowest BCUT2D eigenvalue weighted by atomic mass is 9.41. The van der Waals surface area contributed by atoms with Crippen LogP contribution < -0.4 is 0 Å². The Morgan fingerprint density at radius 1 is 0.765 bits per heavy atom. The summed E-state index contributed by atoms with van der Waals surface area (Å²) in [5, 5.41) is 34.6. The summed E-state index contributed by atoms with van der Waals surface area (Å²) in [7, 11) is 4.68. The molecule has 16 heteroatoms. The Morgan fingerprint density at radius 2 is 1.40 bits per heavy atom. The number of methoxy groups -OCH3 is 3. The first-order chi connectivity index (χ1) is 32.2. The molecule has 1 aromatic rings. The van der Waals surface area contributed by atoms with Gasteiger partial charge in [0.1, 0.15) is 42.7 Å². The van der Waals surface area contributed by atoms with Gasteiger partial charge in [0.15, 0.2) is 18.9 Å². The van der Waals surface area contributed by atoms with Gasteiger partial charge in [-0.1, -0.05) is 51.1 Å². The van der Waals surface area contributed by atoms with Crippen molar-refractivity contribution >= 4 is 11.9 Å². The molecule has 7 aliphatic rings. The smallest absolute Gasteiger partial charge is 0.338 e. The summed E-state index contributed by atoms with van der Waals surface area (Å²) in [5.74, 6) is -1.22. The second kappa shape index (κ2) is 20.1. The number of rotatable bonds is 13. The number of fused-ring (bicyclic) bond motifs is 5. The average molecular weight is 959 g/mol. The van der Waals surface area contributed by atoms with Gasteiger partial charge in [-0.3, -0.25) is 4.79 Å². The molecule has 16 nitrogen and oxygen atoms in total. The maximum atomic E-state index is 13.9. The Hall–Kier alpha value is -2.58. The van der Waals surface area contributed by atoms with E-state index in [1.807, 2.05) is 45.9 Å². The van der Waals surface area contributed by atoms with Crippen LogP contribution in [0.15, 0.2) is 42.5 Å². The van der Waals surface area contributed by atoms with E-state index in [4.69, 9.17) is 52.1 Å². The van der Waals surface area contributed by atoms with Crippen LogP contribution in [-0.2, 0) is 56.9 Å². The lowest BCUT2D eigenvalue weighted by Gasteiger charge is -2.66. The number of benzene rings is 1. The minimum absolute atomic E-state index is 0.00759. The molecule has 23 atom stereocenters. The Bertz CT molecular complexity index is 1940. The fourth-order valence-electron chi connectivity index (χ4n) is 14.0. The molecule has 0 bridgehead atoms. The first-order valence-corrected chi connectivity index (χ1v) is 24.9. The second-order valence-electron chi connectivity index (χ2n) is 21.6. The van der Waals surface area contributed by atoms with Crippen LogP contribution in [0.2, 0.25) is 0 Å². The molecule has 0 radical (unpaired) electrons. The molecule has 7 unspecified atom stereocenters. The van der Waals surface area contributed by atoms with E-state index in [9.17, 15) is 24.9 Å². The van der Waals surface area contributed by atoms with Gasteiger partial charge < -0.3 is 67.4 Å². The first-order valence-electron chi connectivity index (χ1n) is 24.9. The lowest BCUT2D eigenvalue weighted by Crippen LogP contribution is -2.68. The van der Waals surface area contributed by atoms with Crippen LogP contribution in [0.3, 0.4) is 0 Å². The standard InChI is InChI=1S/C52H78O16/c1-27(61-31(5)53)34-19-22-52(57)35-18-20-49(6)26-33(17-21-50(49,7)36(35)23-39(51(34,52)8)66-47(56)32-15-13-12-14-16-32)65-40-24-37(58-9)44(29(3)62-40)67-41-25-38(59-10)45(30(4)63-41)68-48-43(55)46(60-11)42(54)28(2)64-48/h12-16,18,20,27-30,33-46,48,54-55,57H,17,19,21-26H2,1-11H3/t27?,28?,29?,30?,33-,34+,35?,36?,37+,38+,39+,40-,41-,42+,43?,44+,45+,46-,48-,49-,50+,51-,52-/m0/s1. The predicted molar refractivity (Wildman–Crippen MR) is 245 cm³/mol. The third kappa shape index (κ3) is 9.14. The molecule has 4 aliphatic carbocycles. The summed E-state index contributed by atoms with van der Waals surface area (Å²) < 4.78 is 68.2. The minimum Gasteiger partial charge on any atom is -0.463 e. The van der Waals surface area contributed by atoms with Crippen LogP contribution in [0.25, 0.3) is 0 Å². The monoisotopic (exact) mass is 959 g/mol. The van der Waals surface area contributed by atoms with Crippen LogP contribution in [0.5, 0.6) is 0 Å². The highest BCUT2D eigenvalue weighted by atomic mass is 16.8. The molecule has 1 aromatic carbocycles. The molecule has 0 aromatic heterocycles. The van der Waals surface area contributed by atoms with Crippen LogP contribution >= 0.6 is 0 Å². The largest absolute Gasteiger partial charge is 0.463 e. The summed E-state index contributed by atoms with van der Waals surface area (Å²) in [6.45, 7) is 15.5. The zero-order valence-corrected chi connectivity index (χ0v) is 41.8. The summed E-state index contributed by atoms with van der Waals surface area (Å²) in [6.07, 6.45) is -0.775. The van der Waals surface area contributed by atoms with Gasteiger partial charge >= 0.3 is 11.9 Å². The lowest BCUT2D eigenvalue weighted by molar-refractivity contribution is -0.352. The van der Waals surface area contributed by atoms with E-state index in [0.717, 1.165) is 19.3 Å². The van der Waals surface area contributed by atoms with Crippen molar-refractivity contribution in [3.8, 4) is 0 Å². The van der Waals surface area contributed by atoms with Crippen LogP contribution in [0.4, 0.5) is 0 Å². The van der Waals surface area contributed by atoms with Gasteiger partial charge in [0.25, 0.3) is 0 Å². The SMILES string of the molecule is CO[C@@H]1C(O)[C@H](O[C@@H]2C(C)O[C@@H](O[C@@H]3C(C)O[C@@H](O[C@H]4CC[C@]5(C)C6C[C@@H](OC(=O)c7ccccc7)[C@]7(C)[C@@H](C(C)OC(C)=O)CC[C@]7(O)C6C=C[C@@]5(C)C4)C[C@H]3OC)C[C@H]2OC)OC(C)[C@H]1O. The molecule has 3 saturated carbocycles. The van der Waals surface area contributed by atoms with Gasteiger partial charge in [0.2, 0.25) is 0 Å². The first kappa shape index (κ1) is 51.8. The van der Waals surface area contributed by atoms with Gasteiger partial charge in [-0.2, -0.15) is 0 Å². The quantitative estimate of drug-likeness (QED) is 0.162. The summed E-state index contributed by atoms with van der Waals surface area (Å²) in [6, 6.07) is 9.00. The van der Waals surface area contributed by atoms with Crippen molar-refractivity contribution in [3.05, 3.63) is 48.0 Å². The zero-order chi connectivity index (χ0) is 49.1. The zero-order valence-electron chi connectivity index (χ0n) is 41.8. The molecular formula is C52H78O16. The van der Waals surface area contributed by atoms with E-state index >= 15 is 0 Å². The van der Waals surface area contributed by atoms with E-state index < -0.39 is 103 Å². The van der Waals surface area contributed by atoms with E-state index in [2.05, 4.69) is 26.0 Å². The molecule has 3 N–H and O–H groups in total. The molecule has 6 fully saturated rings. The second-order valence-corrected chi connectivity index (χ2v) is 21.6. The van der Waals surface area contributed by atoms with Gasteiger partial charge in [0, 0.05) is 58.3 Å². The van der Waals surface area contributed by atoms with Crippen LogP contribution in [0, 0.1) is 34.0 Å². The van der Waals surface area contributed by atoms with Crippen LogP contribution in [-0.4, -0.2) is 152 Å². The number of ether oxygens (including phenoxy) is 11. The molecule has 3 aliphatic heterocycles. The predicted octanol–water partition coefficient (Wildman–Crippen LogP) is 5.65. The molecule has 382 valence electrons. The molecular weight excluding hydrogens is 881 g/mol. The van der Waals surface area contributed by atoms with Gasteiger partial charge in [0.05, 0.1) is 47.8 Å². The minimum atomic E-state index is -1.23. The molecule has 0 amide bonds. The number of allylic oxidation sites excluding steroid dienone is 1. The van der Waals surface area contributed by atoms with Crippen LogP contribution in [0.1, 0.15) is 117 Å². The highest BCUT2D eigenvalue weighted by molar-refractivity contribution is 5.89. The topological polar surface area (TPSA) is 196 Å². The molecule has 0 spiro atoms. The van der Waals surface area contributed by atoms with Gasteiger partial charge in [-0.05, 0) is 95.1 Å². The van der Waals surface area contributed by atoms with Crippen molar-refractivity contribution in [2.24, 2.45) is 34.0 Å². The Morgan fingerprint density at radius 3 is 2.01 bits per heavy atom. The van der Waals surface area contributed by atoms with Crippen molar-refractivity contribution in [1.82, 2.24) is 0 Å². The van der Waals surface area contributed by atoms with E-state index in [1.165, 1.54) is 14.0 Å². The molecule has 8 rings (SSSR count). The van der Waals surface area contributed by atoms with Crippen molar-refractivity contribution in [3.63, 3.8) is 0 Å². The number of carbonyl (C=O) groups is 2. The summed E-state index contributed by atoms with van der Waals surface area (Å²) >= 11 is 0. The van der Waals surface area contributed by atoms with Gasteiger partial charge in [-0.25, -0.2) is 4.79 Å². The van der Waals surface area contributed by atoms with Crippen molar-refractivity contribution < 1.29 is 77.0 Å². The fourth-order valence-corrected chi connectivity index (χ4v) is 14.0. The fraction of sp³-hybridized carbons (Fsp3) is 0.808. The molecule has 68 heavy (non-hydrogen) atoms. The Balaban J connectivity index is 0.929. The molecule has 3 saturated heterocycles. The van der Waals surface area contributed by atoms with Gasteiger partial charge in [-0.15, -0.1) is 0 Å². The number of esters is 2. The number of aliphatic hydroxyl groups is 3. The summed E-state index contributed by atoms with van der Waals surface area (Å²) in [4.78, 5) is 26.1. The third-order valence-corrected chi connectivity index (χ3v) is 18.1. The van der Waals surface area contributed by atoms with Crippen molar-refractivity contribution in [1.29, 1.82) is 0 Å². The molecule has 3 heterocycles. The number of hydrogen-bond donors (Lipinski definition) is 3. The van der Waals surface area contributed by atoms with Crippen molar-refractivity contribution in [2.75, 3.05) is 21.3 Å². The highest BCUT2D eigenvalue weighted by Crippen LogP contribution is 2.71. The maximum Gasteiger partial charge on any atom is 0.338 e. The number of aliphatic hydroxyl groups excluding tert-OH is 2. The third-order valence-electron chi connectivity index (χ3n) is 18.1. The average Bonchev–Trinajstić information content (AvgIpc) is 3.59. The van der Waals surface area contributed by atoms with E-state index in [0.29, 0.717) is 37.7 Å². The Labute approximate surface area is 401 Å². The van der Waals surface area contributed by atoms with E-state index in [1.54, 1.807) is 33.3 Å². The maximum absolute atomic E-state index is 13.9. The summed E-state index contributed by atoms with van der Waals surface area (Å²) in [5.41, 5.74) is -2.22. The van der Waals surface area contributed by atoms with Crippen molar-refractivity contribution in [2.45, 2.75) is 211 Å². The Kier molecular flexibility index (Phi) is 15.3.